The van der Waals surface area contributed by atoms with Crippen LogP contribution in [0.4, 0.5) is 0 Å². The number of hydrogen-bond acceptors (Lipinski definition) is 0. The van der Waals surface area contributed by atoms with Gasteiger partial charge in [-0.1, -0.05) is 32.0 Å². The van der Waals surface area contributed by atoms with Crippen molar-refractivity contribution in [1.29, 1.82) is 0 Å². The van der Waals surface area contributed by atoms with Crippen molar-refractivity contribution in [1.82, 2.24) is 0 Å². The van der Waals surface area contributed by atoms with Crippen molar-refractivity contribution < 1.29 is 0 Å². The van der Waals surface area contributed by atoms with Gasteiger partial charge in [-0.2, -0.15) is 0 Å². The molecule has 1 aliphatic rings. The number of benzene rings is 1. The van der Waals surface area contributed by atoms with Crippen LogP contribution in [0.2, 0.25) is 0 Å². The lowest BCUT2D eigenvalue weighted by molar-refractivity contribution is 0.404. The van der Waals surface area contributed by atoms with Crippen LogP contribution in [0, 0.1) is 18.8 Å². The molecule has 1 aromatic rings. The molecule has 0 saturated heterocycles. The third-order valence-corrected chi connectivity index (χ3v) is 3.40. The van der Waals surface area contributed by atoms with Gasteiger partial charge in [-0.25, -0.2) is 0 Å². The Hall–Kier alpha value is -0.780. The zero-order valence-corrected chi connectivity index (χ0v) is 8.80. The van der Waals surface area contributed by atoms with Crippen LogP contribution < -0.4 is 0 Å². The van der Waals surface area contributed by atoms with Crippen molar-refractivity contribution >= 4 is 0 Å². The lowest BCUT2D eigenvalue weighted by Gasteiger charge is -2.12. The van der Waals surface area contributed by atoms with Gasteiger partial charge in [-0.05, 0) is 48.3 Å². The molecule has 1 unspecified atom stereocenters. The average molecular weight is 174 g/mol. The molecule has 2 rings (SSSR count). The van der Waals surface area contributed by atoms with E-state index in [-0.39, 0.29) is 0 Å². The predicted octanol–water partition coefficient (Wildman–Crippen LogP) is 3.37. The fourth-order valence-electron chi connectivity index (χ4n) is 2.33. The highest BCUT2D eigenvalue weighted by atomic mass is 14.3. The minimum Gasteiger partial charge on any atom is -0.0625 e. The zero-order valence-electron chi connectivity index (χ0n) is 8.80. The van der Waals surface area contributed by atoms with Crippen LogP contribution in [0.3, 0.4) is 0 Å². The Kier molecular flexibility index (Phi) is 2.15. The molecule has 0 spiro atoms. The number of aryl methyl sites for hydroxylation is 1. The highest BCUT2D eigenvalue weighted by molar-refractivity contribution is 5.38. The smallest absolute Gasteiger partial charge is 0.0239 e. The molecular formula is C13H18. The maximum absolute atomic E-state index is 2.34. The first-order valence-electron chi connectivity index (χ1n) is 5.26. The van der Waals surface area contributed by atoms with Crippen molar-refractivity contribution in [2.24, 2.45) is 11.8 Å². The molecule has 0 saturated carbocycles. The lowest BCUT2D eigenvalue weighted by atomic mass is 9.93. The summed E-state index contributed by atoms with van der Waals surface area (Å²) in [6, 6.07) is 6.73. The standard InChI is InChI=1S/C13H18/c1-9(2)12-7-11-6-4-5-10(3)13(11)8-12/h4-6,9,12H,7-8H2,1-3H3. The fraction of sp³-hybridized carbons (Fsp3) is 0.538. The van der Waals surface area contributed by atoms with Gasteiger partial charge in [0.05, 0.1) is 0 Å². The minimum absolute atomic E-state index is 0.826. The molecule has 1 aromatic carbocycles. The van der Waals surface area contributed by atoms with Crippen LogP contribution in [0.5, 0.6) is 0 Å². The molecule has 0 radical (unpaired) electrons. The monoisotopic (exact) mass is 174 g/mol. The third-order valence-electron chi connectivity index (χ3n) is 3.40. The van der Waals surface area contributed by atoms with E-state index in [0.29, 0.717) is 0 Å². The van der Waals surface area contributed by atoms with Crippen molar-refractivity contribution in [3.8, 4) is 0 Å². The summed E-state index contributed by atoms with van der Waals surface area (Å²) in [5, 5.41) is 0. The van der Waals surface area contributed by atoms with Crippen molar-refractivity contribution in [3.63, 3.8) is 0 Å². The quantitative estimate of drug-likeness (QED) is 0.612. The summed E-state index contributed by atoms with van der Waals surface area (Å²) in [5.74, 6) is 1.71. The Morgan fingerprint density at radius 2 is 2.00 bits per heavy atom. The second kappa shape index (κ2) is 3.17. The summed E-state index contributed by atoms with van der Waals surface area (Å²) in [5.41, 5.74) is 4.71. The van der Waals surface area contributed by atoms with Gasteiger partial charge < -0.3 is 0 Å². The van der Waals surface area contributed by atoms with Gasteiger partial charge in [0.1, 0.15) is 0 Å². The molecule has 70 valence electrons. The first kappa shape index (κ1) is 8.80. The second-order valence-electron chi connectivity index (χ2n) is 4.62. The molecule has 0 bridgehead atoms. The molecule has 0 aliphatic heterocycles. The van der Waals surface area contributed by atoms with Gasteiger partial charge in [0.15, 0.2) is 0 Å². The molecule has 0 fully saturated rings. The number of fused-ring (bicyclic) bond motifs is 1. The van der Waals surface area contributed by atoms with Gasteiger partial charge in [0, 0.05) is 0 Å². The van der Waals surface area contributed by atoms with E-state index < -0.39 is 0 Å². The molecule has 0 aromatic heterocycles. The molecular weight excluding hydrogens is 156 g/mol. The zero-order chi connectivity index (χ0) is 9.42. The summed E-state index contributed by atoms with van der Waals surface area (Å²) in [4.78, 5) is 0. The van der Waals surface area contributed by atoms with Crippen molar-refractivity contribution in [2.75, 3.05) is 0 Å². The van der Waals surface area contributed by atoms with Crippen LogP contribution in [0.15, 0.2) is 18.2 Å². The Morgan fingerprint density at radius 3 is 2.62 bits per heavy atom. The van der Waals surface area contributed by atoms with Crippen molar-refractivity contribution in [3.05, 3.63) is 34.9 Å². The van der Waals surface area contributed by atoms with E-state index in [1.54, 1.807) is 11.1 Å². The molecule has 1 aliphatic carbocycles. The highest BCUT2D eigenvalue weighted by Gasteiger charge is 2.24. The molecule has 0 heterocycles. The van der Waals surface area contributed by atoms with E-state index in [1.807, 2.05) is 0 Å². The molecule has 1 atom stereocenters. The van der Waals surface area contributed by atoms with E-state index in [1.165, 1.54) is 18.4 Å². The summed E-state index contributed by atoms with van der Waals surface area (Å²) in [6.07, 6.45) is 2.61. The first-order valence-corrected chi connectivity index (χ1v) is 5.26. The van der Waals surface area contributed by atoms with E-state index in [0.717, 1.165) is 11.8 Å². The van der Waals surface area contributed by atoms with Crippen molar-refractivity contribution in [2.45, 2.75) is 33.6 Å². The number of rotatable bonds is 1. The summed E-state index contributed by atoms with van der Waals surface area (Å²) in [6.45, 7) is 6.92. The molecule has 0 N–H and O–H groups in total. The molecule has 0 nitrogen and oxygen atoms in total. The average Bonchev–Trinajstić information content (AvgIpc) is 2.49. The Morgan fingerprint density at radius 1 is 1.23 bits per heavy atom. The Bertz CT molecular complexity index is 310. The lowest BCUT2D eigenvalue weighted by Crippen LogP contribution is -2.07. The summed E-state index contributed by atoms with van der Waals surface area (Å²) in [7, 11) is 0. The fourth-order valence-corrected chi connectivity index (χ4v) is 2.33. The first-order chi connectivity index (χ1) is 6.18. The van der Waals surface area contributed by atoms with Crippen LogP contribution in [0.1, 0.15) is 30.5 Å². The van der Waals surface area contributed by atoms with Crippen LogP contribution in [-0.4, -0.2) is 0 Å². The van der Waals surface area contributed by atoms with Crippen LogP contribution >= 0.6 is 0 Å². The largest absolute Gasteiger partial charge is 0.0625 e. The van der Waals surface area contributed by atoms with E-state index in [9.17, 15) is 0 Å². The van der Waals surface area contributed by atoms with Crippen LogP contribution in [-0.2, 0) is 12.8 Å². The SMILES string of the molecule is Cc1cccc2c1CC(C(C)C)C2. The Labute approximate surface area is 81.0 Å². The molecule has 13 heavy (non-hydrogen) atoms. The van der Waals surface area contributed by atoms with Gasteiger partial charge in [-0.3, -0.25) is 0 Å². The second-order valence-corrected chi connectivity index (χ2v) is 4.62. The van der Waals surface area contributed by atoms with Gasteiger partial charge in [0.25, 0.3) is 0 Å². The van der Waals surface area contributed by atoms with E-state index >= 15 is 0 Å². The predicted molar refractivity (Wildman–Crippen MR) is 56.9 cm³/mol. The Balaban J connectivity index is 2.30. The van der Waals surface area contributed by atoms with E-state index in [4.69, 9.17) is 0 Å². The summed E-state index contributed by atoms with van der Waals surface area (Å²) >= 11 is 0. The molecule has 0 amide bonds. The van der Waals surface area contributed by atoms with Gasteiger partial charge in [-0.15, -0.1) is 0 Å². The van der Waals surface area contributed by atoms with E-state index in [2.05, 4.69) is 39.0 Å². The maximum atomic E-state index is 2.34. The highest BCUT2D eigenvalue weighted by Crippen LogP contribution is 2.32. The molecule has 0 heteroatoms. The number of hydrogen-bond donors (Lipinski definition) is 0. The summed E-state index contributed by atoms with van der Waals surface area (Å²) < 4.78 is 0. The maximum Gasteiger partial charge on any atom is -0.0239 e. The van der Waals surface area contributed by atoms with Gasteiger partial charge in [0.2, 0.25) is 0 Å². The minimum atomic E-state index is 0.826. The van der Waals surface area contributed by atoms with Crippen LogP contribution in [0.25, 0.3) is 0 Å². The normalized spacial score (nSPS) is 20.8. The topological polar surface area (TPSA) is 0 Å². The third kappa shape index (κ3) is 1.50. The van der Waals surface area contributed by atoms with Gasteiger partial charge >= 0.3 is 0 Å².